The molecule has 0 radical (unpaired) electrons. The summed E-state index contributed by atoms with van der Waals surface area (Å²) >= 11 is 0. The van der Waals surface area contributed by atoms with Crippen LogP contribution in [-0.2, 0) is 23.0 Å². The van der Waals surface area contributed by atoms with Crippen molar-refractivity contribution in [3.63, 3.8) is 0 Å². The number of aryl methyl sites for hydroxylation is 1. The lowest BCUT2D eigenvalue weighted by atomic mass is 9.75. The Bertz CT molecular complexity index is 1010. The van der Waals surface area contributed by atoms with Crippen molar-refractivity contribution in [2.45, 2.75) is 57.3 Å². The highest BCUT2D eigenvalue weighted by molar-refractivity contribution is 5.86. The highest BCUT2D eigenvalue weighted by Crippen LogP contribution is 2.48. The summed E-state index contributed by atoms with van der Waals surface area (Å²) in [6.45, 7) is 3.05. The predicted molar refractivity (Wildman–Crippen MR) is 118 cm³/mol. The van der Waals surface area contributed by atoms with Crippen molar-refractivity contribution in [2.24, 2.45) is 5.92 Å². The molecule has 1 unspecified atom stereocenters. The van der Waals surface area contributed by atoms with Gasteiger partial charge in [0.15, 0.2) is 5.82 Å². The van der Waals surface area contributed by atoms with E-state index < -0.39 is 0 Å². The molecule has 0 saturated heterocycles. The van der Waals surface area contributed by atoms with Crippen molar-refractivity contribution in [1.29, 1.82) is 0 Å². The maximum absolute atomic E-state index is 5.78. The van der Waals surface area contributed by atoms with Crippen LogP contribution < -0.4 is 0 Å². The van der Waals surface area contributed by atoms with Gasteiger partial charge in [-0.05, 0) is 54.7 Å². The Morgan fingerprint density at radius 2 is 1.93 bits per heavy atom. The number of nitrogens with zero attached hydrogens (tertiary/aromatic N) is 3. The highest BCUT2D eigenvalue weighted by Gasteiger charge is 2.41. The molecule has 2 aliphatic carbocycles. The van der Waals surface area contributed by atoms with Crippen molar-refractivity contribution >= 4 is 0 Å². The van der Waals surface area contributed by atoms with E-state index in [2.05, 4.69) is 52.4 Å². The highest BCUT2D eigenvalue weighted by atomic mass is 16.5. The van der Waals surface area contributed by atoms with Crippen LogP contribution in [0.3, 0.4) is 0 Å². The van der Waals surface area contributed by atoms with Crippen LogP contribution in [0.5, 0.6) is 0 Å². The number of hydrogen-bond donors (Lipinski definition) is 1. The Morgan fingerprint density at radius 3 is 2.63 bits per heavy atom. The lowest BCUT2D eigenvalue weighted by molar-refractivity contribution is 0.129. The Balaban J connectivity index is 1.86. The average molecular weight is 403 g/mol. The Labute approximate surface area is 178 Å². The second-order valence-corrected chi connectivity index (χ2v) is 9.10. The summed E-state index contributed by atoms with van der Waals surface area (Å²) in [5.74, 6) is 1.48. The Kier molecular flexibility index (Phi) is 5.15. The van der Waals surface area contributed by atoms with E-state index in [1.165, 1.54) is 41.6 Å². The van der Waals surface area contributed by atoms with Crippen LogP contribution in [0.2, 0.25) is 0 Å². The topological polar surface area (TPSA) is 63.7 Å². The van der Waals surface area contributed by atoms with Gasteiger partial charge in [-0.2, -0.15) is 5.10 Å². The van der Waals surface area contributed by atoms with E-state index in [9.17, 15) is 0 Å². The lowest BCUT2D eigenvalue weighted by Crippen LogP contribution is -2.32. The molecule has 0 bridgehead atoms. The number of H-pyrrole nitrogens is 1. The summed E-state index contributed by atoms with van der Waals surface area (Å²) < 4.78 is 5.78. The molecule has 0 amide bonds. The quantitative estimate of drug-likeness (QED) is 0.644. The second kappa shape index (κ2) is 7.95. The maximum Gasteiger partial charge on any atom is 0.157 e. The number of fused-ring (bicyclic) bond motifs is 1. The minimum atomic E-state index is -0.0570. The van der Waals surface area contributed by atoms with Gasteiger partial charge in [-0.15, -0.1) is 0 Å². The molecule has 1 saturated carbocycles. The molecular formula is C25H30N4O. The fourth-order valence-corrected chi connectivity index (χ4v) is 5.57. The van der Waals surface area contributed by atoms with E-state index in [-0.39, 0.29) is 5.41 Å². The fraction of sp³-hybridized carbons (Fsp3) is 0.480. The first-order valence-electron chi connectivity index (χ1n) is 11.2. The first-order valence-corrected chi connectivity index (χ1v) is 11.2. The Hall–Kier alpha value is -2.53. The zero-order chi connectivity index (χ0) is 20.6. The monoisotopic (exact) mass is 402 g/mol. The van der Waals surface area contributed by atoms with Gasteiger partial charge in [0.1, 0.15) is 6.33 Å². The largest absolute Gasteiger partial charge is 0.384 e. The van der Waals surface area contributed by atoms with E-state index in [4.69, 9.17) is 9.72 Å². The summed E-state index contributed by atoms with van der Waals surface area (Å²) in [5.41, 5.74) is 7.42. The van der Waals surface area contributed by atoms with Crippen LogP contribution in [0, 0.1) is 5.92 Å². The zero-order valence-corrected chi connectivity index (χ0v) is 17.9. The summed E-state index contributed by atoms with van der Waals surface area (Å²) in [5, 5.41) is 7.36. The minimum absolute atomic E-state index is 0.0570. The smallest absolute Gasteiger partial charge is 0.157 e. The Morgan fingerprint density at radius 1 is 1.13 bits per heavy atom. The molecule has 1 aromatic carbocycles. The van der Waals surface area contributed by atoms with Crippen LogP contribution in [0.1, 0.15) is 56.0 Å². The van der Waals surface area contributed by atoms with Crippen molar-refractivity contribution in [1.82, 2.24) is 20.2 Å². The van der Waals surface area contributed by atoms with Gasteiger partial charge in [0.2, 0.25) is 0 Å². The summed E-state index contributed by atoms with van der Waals surface area (Å²) in [7, 11) is 1.81. The number of benzene rings is 1. The van der Waals surface area contributed by atoms with Crippen molar-refractivity contribution in [3.05, 3.63) is 53.6 Å². The van der Waals surface area contributed by atoms with Gasteiger partial charge in [0, 0.05) is 23.8 Å². The molecule has 1 atom stereocenters. The normalized spacial score (nSPS) is 20.3. The maximum atomic E-state index is 5.78. The van der Waals surface area contributed by atoms with Gasteiger partial charge in [0.25, 0.3) is 0 Å². The van der Waals surface area contributed by atoms with E-state index in [0.717, 1.165) is 42.8 Å². The molecule has 156 valence electrons. The molecule has 5 rings (SSSR count). The van der Waals surface area contributed by atoms with Crippen LogP contribution in [0.25, 0.3) is 22.5 Å². The number of aromatic nitrogens is 4. The number of aromatic amines is 1. The first kappa shape index (κ1) is 19.4. The van der Waals surface area contributed by atoms with Crippen LogP contribution in [0.4, 0.5) is 0 Å². The number of methoxy groups -OCH3 is 1. The standard InChI is InChI=1S/C25H30N4O/c1-17-10-11-20-19(14-17)21(18-8-4-3-5-9-18)22(24-26-16-27-29-24)23(28-20)25(15-30-2)12-6-7-13-25/h3-5,8-9,16-17H,6-7,10-15H2,1-2H3,(H,26,27,29). The number of hydrogen-bond acceptors (Lipinski definition) is 4. The predicted octanol–water partition coefficient (Wildman–Crippen LogP) is 5.12. The van der Waals surface area contributed by atoms with Gasteiger partial charge in [-0.3, -0.25) is 10.1 Å². The average Bonchev–Trinajstić information content (AvgIpc) is 3.46. The first-order chi connectivity index (χ1) is 14.7. The molecule has 3 aromatic rings. The lowest BCUT2D eigenvalue weighted by Gasteiger charge is -2.34. The van der Waals surface area contributed by atoms with E-state index >= 15 is 0 Å². The molecule has 2 aliphatic rings. The van der Waals surface area contributed by atoms with Gasteiger partial charge >= 0.3 is 0 Å². The molecule has 0 spiro atoms. The molecule has 1 fully saturated rings. The molecule has 5 heteroatoms. The number of rotatable bonds is 5. The van der Waals surface area contributed by atoms with Crippen LogP contribution in [-0.4, -0.2) is 33.9 Å². The molecule has 0 aliphatic heterocycles. The van der Waals surface area contributed by atoms with E-state index in [1.54, 1.807) is 6.33 Å². The molecular weight excluding hydrogens is 372 g/mol. The molecule has 1 N–H and O–H groups in total. The third-order valence-corrected chi connectivity index (χ3v) is 7.01. The van der Waals surface area contributed by atoms with Gasteiger partial charge in [-0.25, -0.2) is 4.98 Å². The summed E-state index contributed by atoms with van der Waals surface area (Å²) in [6, 6.07) is 10.8. The van der Waals surface area contributed by atoms with Crippen molar-refractivity contribution < 1.29 is 4.74 Å². The molecule has 2 aromatic heterocycles. The van der Waals surface area contributed by atoms with Crippen molar-refractivity contribution in [2.75, 3.05) is 13.7 Å². The molecule has 30 heavy (non-hydrogen) atoms. The SMILES string of the molecule is COCC1(c2nc3c(c(-c4ccccc4)c2-c2ncn[nH]2)CC(C)CC3)CCCC1. The summed E-state index contributed by atoms with van der Waals surface area (Å²) in [6.07, 6.45) is 9.57. The number of pyridine rings is 1. The third kappa shape index (κ3) is 3.25. The van der Waals surface area contributed by atoms with Gasteiger partial charge in [-0.1, -0.05) is 50.1 Å². The van der Waals surface area contributed by atoms with Gasteiger partial charge in [0.05, 0.1) is 12.3 Å². The molecule has 5 nitrogen and oxygen atoms in total. The summed E-state index contributed by atoms with van der Waals surface area (Å²) in [4.78, 5) is 10.0. The van der Waals surface area contributed by atoms with E-state index in [1.807, 2.05) is 7.11 Å². The second-order valence-electron chi connectivity index (χ2n) is 9.10. The van der Waals surface area contributed by atoms with Crippen LogP contribution >= 0.6 is 0 Å². The van der Waals surface area contributed by atoms with Crippen molar-refractivity contribution in [3.8, 4) is 22.5 Å². The van der Waals surface area contributed by atoms with Crippen LogP contribution in [0.15, 0.2) is 36.7 Å². The zero-order valence-electron chi connectivity index (χ0n) is 17.9. The third-order valence-electron chi connectivity index (χ3n) is 7.01. The van der Waals surface area contributed by atoms with Gasteiger partial charge < -0.3 is 4.74 Å². The molecule has 2 heterocycles. The fourth-order valence-electron chi connectivity index (χ4n) is 5.57. The van der Waals surface area contributed by atoms with E-state index in [0.29, 0.717) is 12.5 Å². The number of nitrogens with one attached hydrogen (secondary N) is 1. The number of ether oxygens (including phenoxy) is 1. The minimum Gasteiger partial charge on any atom is -0.384 e.